The molecule has 8 atom stereocenters. The van der Waals surface area contributed by atoms with Crippen molar-refractivity contribution in [3.8, 4) is 23.0 Å². The fraction of sp³-hybridized carbons (Fsp3) is 0.566. The minimum Gasteiger partial charge on any atom is -0.508 e. The van der Waals surface area contributed by atoms with Gasteiger partial charge in [0.2, 0.25) is 0 Å². The van der Waals surface area contributed by atoms with E-state index in [1.807, 2.05) is 36.4 Å². The number of carbonyl (C=O) groups excluding carboxylic acids is 1. The molecule has 3 aliphatic carbocycles. The van der Waals surface area contributed by atoms with E-state index in [4.69, 9.17) is 4.74 Å². The highest BCUT2D eigenvalue weighted by Crippen LogP contribution is 2.64. The highest BCUT2D eigenvalue weighted by atomic mass is 16.5. The first-order chi connectivity index (χ1) is 29.6. The van der Waals surface area contributed by atoms with Gasteiger partial charge in [0.05, 0.1) is 11.0 Å². The predicted octanol–water partition coefficient (Wildman–Crippen LogP) is 8.34. The van der Waals surface area contributed by atoms with Gasteiger partial charge < -0.3 is 30.1 Å². The first-order valence-electron chi connectivity index (χ1n) is 23.4. The fourth-order valence-corrected chi connectivity index (χ4v) is 13.1. The lowest BCUT2D eigenvalue weighted by Gasteiger charge is -2.62. The maximum atomic E-state index is 12.6. The maximum Gasteiger partial charge on any atom is 0.174 e. The second-order valence-electron chi connectivity index (χ2n) is 20.3. The molecule has 9 heteroatoms. The molecule has 4 N–H and O–H groups in total. The summed E-state index contributed by atoms with van der Waals surface area (Å²) >= 11 is 0. The summed E-state index contributed by atoms with van der Waals surface area (Å²) in [7, 11) is 2.21. The fourth-order valence-electron chi connectivity index (χ4n) is 13.1. The molecule has 4 heterocycles. The first-order valence-corrected chi connectivity index (χ1v) is 23.4. The summed E-state index contributed by atoms with van der Waals surface area (Å²) in [5, 5.41) is 41.6. The lowest BCUT2D eigenvalue weighted by Crippen LogP contribution is -2.76. The number of phenols is 3. The van der Waals surface area contributed by atoms with Crippen molar-refractivity contribution in [1.82, 2.24) is 14.7 Å². The Morgan fingerprint density at radius 2 is 1.66 bits per heavy atom. The lowest BCUT2D eigenvalue weighted by molar-refractivity contribution is -0.187. The van der Waals surface area contributed by atoms with Crippen molar-refractivity contribution < 1.29 is 30.0 Å². The number of ether oxygens (including phenoxy) is 1. The summed E-state index contributed by atoms with van der Waals surface area (Å²) < 4.78 is 5.98. The Bertz CT molecular complexity index is 2200. The molecule has 0 amide bonds. The van der Waals surface area contributed by atoms with Gasteiger partial charge in [-0.15, -0.1) is 6.58 Å². The molecule has 7 aliphatic rings. The van der Waals surface area contributed by atoms with Crippen LogP contribution in [0.4, 0.5) is 0 Å². The van der Waals surface area contributed by atoms with E-state index in [9.17, 15) is 25.2 Å². The van der Waals surface area contributed by atoms with Gasteiger partial charge in [0.1, 0.15) is 11.5 Å². The molecule has 4 aliphatic heterocycles. The quantitative estimate of drug-likeness (QED) is 0.182. The zero-order chi connectivity index (χ0) is 44.2. The first kappa shape index (κ1) is 44.5. The molecule has 62 heavy (non-hydrogen) atoms. The third-order valence-electron chi connectivity index (χ3n) is 16.7. The van der Waals surface area contributed by atoms with Crippen LogP contribution >= 0.6 is 0 Å². The van der Waals surface area contributed by atoms with Gasteiger partial charge in [-0.25, -0.2) is 0 Å². The number of allylic oxidation sites excluding steroid dienone is 1. The van der Waals surface area contributed by atoms with Crippen LogP contribution in [0.3, 0.4) is 0 Å². The normalized spacial score (nSPS) is 33.2. The van der Waals surface area contributed by atoms with E-state index in [1.165, 1.54) is 54.5 Å². The molecule has 3 aromatic carbocycles. The molecule has 10 rings (SSSR count). The molecule has 1 unspecified atom stereocenters. The van der Waals surface area contributed by atoms with Crippen LogP contribution in [-0.2, 0) is 33.9 Å². The number of ketones is 1. The van der Waals surface area contributed by atoms with Crippen molar-refractivity contribution in [3.63, 3.8) is 0 Å². The molecular weight excluding hydrogens is 775 g/mol. The second kappa shape index (κ2) is 17.1. The number of aromatic hydroxyl groups is 3. The topological polar surface area (TPSA) is 117 Å². The molecule has 3 saturated heterocycles. The van der Waals surface area contributed by atoms with Crippen molar-refractivity contribution in [1.29, 1.82) is 0 Å². The SMILES string of the molecule is C=CCN1CC[C@]23c4c5ccc(O)c4O[C@H]2C(=O)CC[C@@]3(O)[C@H]1C5.CC(C)=CCN1CC[C@@]2(C)c3cc(O)ccc3C[C@@H]1[C@@H]2C.CCC1(c2cccc(O)c2)CCCCN(C)C1. The number of fused-ring (bicyclic) bond motifs is 4. The molecule has 0 aromatic heterocycles. The summed E-state index contributed by atoms with van der Waals surface area (Å²) in [6.07, 6.45) is 12.9. The number of benzene rings is 3. The van der Waals surface area contributed by atoms with Gasteiger partial charge in [-0.1, -0.05) is 69.2 Å². The molecule has 4 bridgehead atoms. The molecule has 334 valence electrons. The Hall–Kier alpha value is -4.15. The summed E-state index contributed by atoms with van der Waals surface area (Å²) in [6.45, 7) is 21.3. The number of hydrogen-bond acceptors (Lipinski definition) is 9. The molecule has 1 spiro atoms. The average Bonchev–Trinajstić information content (AvgIpc) is 3.49. The van der Waals surface area contributed by atoms with Gasteiger partial charge in [-0.2, -0.15) is 0 Å². The number of phenolic OH excluding ortho intramolecular Hbond substituents is 3. The van der Waals surface area contributed by atoms with Gasteiger partial charge >= 0.3 is 0 Å². The Labute approximate surface area is 370 Å². The number of piperidine rings is 2. The average molecular weight is 846 g/mol. The van der Waals surface area contributed by atoms with Gasteiger partial charge in [-0.3, -0.25) is 14.6 Å². The van der Waals surface area contributed by atoms with Gasteiger partial charge in [0, 0.05) is 55.7 Å². The van der Waals surface area contributed by atoms with E-state index in [-0.39, 0.29) is 28.4 Å². The molecule has 1 saturated carbocycles. The highest BCUT2D eigenvalue weighted by molar-refractivity contribution is 5.90. The van der Waals surface area contributed by atoms with Crippen LogP contribution in [0.5, 0.6) is 23.0 Å². The van der Waals surface area contributed by atoms with E-state index >= 15 is 0 Å². The smallest absolute Gasteiger partial charge is 0.174 e. The van der Waals surface area contributed by atoms with Crippen molar-refractivity contribution in [3.05, 3.63) is 107 Å². The third kappa shape index (κ3) is 7.38. The summed E-state index contributed by atoms with van der Waals surface area (Å²) in [5.74, 6) is 1.96. The molecule has 0 radical (unpaired) electrons. The Balaban J connectivity index is 0.000000130. The summed E-state index contributed by atoms with van der Waals surface area (Å²) in [6, 6.07) is 18.0. The number of hydrogen-bond donors (Lipinski definition) is 4. The predicted molar refractivity (Wildman–Crippen MR) is 246 cm³/mol. The van der Waals surface area contributed by atoms with E-state index in [0.29, 0.717) is 54.9 Å². The van der Waals surface area contributed by atoms with Crippen molar-refractivity contribution >= 4 is 5.78 Å². The number of aliphatic hydroxyl groups is 1. The van der Waals surface area contributed by atoms with Gasteiger partial charge in [-0.05, 0) is 149 Å². The van der Waals surface area contributed by atoms with Crippen molar-refractivity contribution in [2.45, 2.75) is 139 Å². The van der Waals surface area contributed by atoms with Crippen LogP contribution < -0.4 is 4.74 Å². The van der Waals surface area contributed by atoms with Crippen LogP contribution in [-0.4, -0.2) is 111 Å². The lowest BCUT2D eigenvalue weighted by atomic mass is 9.49. The molecule has 4 fully saturated rings. The van der Waals surface area contributed by atoms with Crippen LogP contribution in [0.25, 0.3) is 0 Å². The minimum atomic E-state index is -1.00. The van der Waals surface area contributed by atoms with Gasteiger partial charge in [0.25, 0.3) is 0 Å². The largest absolute Gasteiger partial charge is 0.508 e. The van der Waals surface area contributed by atoms with Crippen molar-refractivity contribution in [2.24, 2.45) is 5.92 Å². The van der Waals surface area contributed by atoms with Crippen LogP contribution in [0.15, 0.2) is 78.9 Å². The Morgan fingerprint density at radius 1 is 0.903 bits per heavy atom. The molecule has 9 nitrogen and oxygen atoms in total. The van der Waals surface area contributed by atoms with Crippen LogP contribution in [0, 0.1) is 5.92 Å². The third-order valence-corrected chi connectivity index (χ3v) is 16.7. The van der Waals surface area contributed by atoms with Crippen molar-refractivity contribution in [2.75, 3.05) is 46.3 Å². The zero-order valence-corrected chi connectivity index (χ0v) is 38.1. The van der Waals surface area contributed by atoms with E-state index in [0.717, 1.165) is 56.7 Å². The number of rotatable bonds is 6. The minimum absolute atomic E-state index is 0.0408. The number of likely N-dealkylation sites (tertiary alicyclic amines) is 3. The molecule has 3 aromatic rings. The number of Topliss-reactive ketones (excluding diaryl/α,β-unsaturated/α-hetero) is 1. The molecular formula is C53H71N3O6. The number of carbonyl (C=O) groups is 1. The highest BCUT2D eigenvalue weighted by Gasteiger charge is 2.73. The Morgan fingerprint density at radius 3 is 2.40 bits per heavy atom. The van der Waals surface area contributed by atoms with E-state index < -0.39 is 17.1 Å². The second-order valence-corrected chi connectivity index (χ2v) is 20.3. The maximum absolute atomic E-state index is 12.6. The number of likely N-dealkylation sites (N-methyl/N-ethyl adjacent to an activating group) is 1. The van der Waals surface area contributed by atoms with Crippen LogP contribution in [0.2, 0.25) is 0 Å². The van der Waals surface area contributed by atoms with E-state index in [1.54, 1.807) is 12.1 Å². The zero-order valence-electron chi connectivity index (χ0n) is 38.1. The van der Waals surface area contributed by atoms with Gasteiger partial charge in [0.15, 0.2) is 23.4 Å². The van der Waals surface area contributed by atoms with Crippen LogP contribution in [0.1, 0.15) is 114 Å². The standard InChI is InChI=1S/C19H21NO4.C19H27NO.C15H23NO/c1-2-8-20-9-7-18-15-11-3-4-12(21)16(15)24-17(18)13(22)5-6-19(18,23)14(20)10-11;1-13(2)7-9-20-10-8-19(4)14(3)18(20)11-15-5-6-16(21)12-17(15)19;1-3-15(9-4-5-10-16(2)12-15)13-7-6-8-14(17)11-13/h2-4,14,17,21,23H,1,5-10H2;5-7,12,14,18,21H,8-11H2,1-4H3;6-8,11,17H,3-5,9-10,12H2,1-2H3/t14-,17+,18+,19-;14-,18+,19+;/m10./s1. The summed E-state index contributed by atoms with van der Waals surface area (Å²) in [4.78, 5) is 20.0. The van der Waals surface area contributed by atoms with E-state index in [2.05, 4.69) is 81.2 Å². The summed E-state index contributed by atoms with van der Waals surface area (Å²) in [5.41, 5.74) is 6.20. The number of nitrogens with zero attached hydrogens (tertiary/aromatic N) is 3. The Kier molecular flexibility index (Phi) is 12.3. The monoisotopic (exact) mass is 846 g/mol.